The molecule has 0 bridgehead atoms. The van der Waals surface area contributed by atoms with Crippen molar-refractivity contribution in [1.82, 2.24) is 20.1 Å². The summed E-state index contributed by atoms with van der Waals surface area (Å²) in [5.74, 6) is 1.59. The van der Waals surface area contributed by atoms with Crippen molar-refractivity contribution in [3.8, 4) is 17.1 Å². The first-order valence-corrected chi connectivity index (χ1v) is 10.5. The number of anilines is 1. The molecule has 4 rings (SSSR count). The van der Waals surface area contributed by atoms with E-state index < -0.39 is 6.10 Å². The van der Waals surface area contributed by atoms with Crippen molar-refractivity contribution in [2.45, 2.75) is 26.9 Å². The van der Waals surface area contributed by atoms with Gasteiger partial charge in [0, 0.05) is 32.4 Å². The fraction of sp³-hybridized carbons (Fsp3) is 0.333. The minimum Gasteiger partial charge on any atom is -0.481 e. The monoisotopic (exact) mass is 417 g/mol. The Bertz CT molecular complexity index is 1030. The second-order valence-electron chi connectivity index (χ2n) is 7.83. The molecule has 0 aliphatic carbocycles. The number of aryl methyl sites for hydroxylation is 2. The Labute approximate surface area is 182 Å². The summed E-state index contributed by atoms with van der Waals surface area (Å²) < 4.78 is 5.97. The molecule has 1 aromatic carbocycles. The molecule has 0 N–H and O–H groups in total. The molecular formula is C24H27N5O2. The molecule has 0 spiro atoms. The maximum atomic E-state index is 12.9. The van der Waals surface area contributed by atoms with Crippen LogP contribution in [0, 0.1) is 13.8 Å². The Morgan fingerprint density at radius 2 is 1.77 bits per heavy atom. The number of hydrogen-bond donors (Lipinski definition) is 0. The zero-order chi connectivity index (χ0) is 21.8. The molecule has 160 valence electrons. The van der Waals surface area contributed by atoms with Crippen LogP contribution in [0.4, 0.5) is 5.82 Å². The Hall–Kier alpha value is -3.48. The first-order valence-electron chi connectivity index (χ1n) is 10.5. The second kappa shape index (κ2) is 9.12. The van der Waals surface area contributed by atoms with Crippen LogP contribution >= 0.6 is 0 Å². The van der Waals surface area contributed by atoms with Gasteiger partial charge in [-0.2, -0.15) is 0 Å². The quantitative estimate of drug-likeness (QED) is 0.635. The topological polar surface area (TPSA) is 71.5 Å². The number of carbonyl (C=O) groups is 1. The van der Waals surface area contributed by atoms with Crippen molar-refractivity contribution < 1.29 is 9.53 Å². The Morgan fingerprint density at radius 3 is 2.45 bits per heavy atom. The summed E-state index contributed by atoms with van der Waals surface area (Å²) in [4.78, 5) is 21.2. The van der Waals surface area contributed by atoms with Gasteiger partial charge in [-0.3, -0.25) is 9.78 Å². The van der Waals surface area contributed by atoms with Crippen molar-refractivity contribution in [1.29, 1.82) is 0 Å². The lowest BCUT2D eigenvalue weighted by Crippen LogP contribution is -2.52. The van der Waals surface area contributed by atoms with Crippen LogP contribution in [0.2, 0.25) is 0 Å². The minimum absolute atomic E-state index is 0.0112. The molecule has 1 fully saturated rings. The Morgan fingerprint density at radius 1 is 0.968 bits per heavy atom. The van der Waals surface area contributed by atoms with Gasteiger partial charge in [-0.25, -0.2) is 0 Å². The zero-order valence-electron chi connectivity index (χ0n) is 18.2. The van der Waals surface area contributed by atoms with Gasteiger partial charge in [0.15, 0.2) is 11.9 Å². The highest BCUT2D eigenvalue weighted by atomic mass is 16.5. The van der Waals surface area contributed by atoms with Crippen molar-refractivity contribution in [3.05, 3.63) is 65.9 Å². The van der Waals surface area contributed by atoms with Crippen molar-refractivity contribution in [2.24, 2.45) is 0 Å². The third-order valence-electron chi connectivity index (χ3n) is 5.49. The van der Waals surface area contributed by atoms with E-state index >= 15 is 0 Å². The molecule has 1 atom stereocenters. The van der Waals surface area contributed by atoms with Crippen LogP contribution in [0.15, 0.2) is 54.7 Å². The molecule has 3 aromatic rings. The smallest absolute Gasteiger partial charge is 0.263 e. The molecule has 7 heteroatoms. The van der Waals surface area contributed by atoms with Crippen LogP contribution in [0.1, 0.15) is 18.1 Å². The predicted molar refractivity (Wildman–Crippen MR) is 120 cm³/mol. The number of benzene rings is 1. The number of piperazine rings is 1. The highest BCUT2D eigenvalue weighted by Gasteiger charge is 2.27. The van der Waals surface area contributed by atoms with Crippen LogP contribution in [0.5, 0.6) is 5.75 Å². The maximum absolute atomic E-state index is 12.9. The Kier molecular flexibility index (Phi) is 6.11. The van der Waals surface area contributed by atoms with E-state index in [0.29, 0.717) is 26.2 Å². The number of amides is 1. The molecule has 1 aliphatic heterocycles. The number of rotatable bonds is 5. The fourth-order valence-electron chi connectivity index (χ4n) is 3.63. The van der Waals surface area contributed by atoms with Gasteiger partial charge < -0.3 is 14.5 Å². The average Bonchev–Trinajstić information content (AvgIpc) is 2.82. The zero-order valence-corrected chi connectivity index (χ0v) is 18.2. The van der Waals surface area contributed by atoms with Gasteiger partial charge in [0.1, 0.15) is 11.4 Å². The lowest BCUT2D eigenvalue weighted by atomic mass is 10.1. The molecule has 0 saturated carbocycles. The van der Waals surface area contributed by atoms with Crippen LogP contribution in [-0.4, -0.2) is 58.3 Å². The van der Waals surface area contributed by atoms with E-state index in [9.17, 15) is 4.79 Å². The second-order valence-corrected chi connectivity index (χ2v) is 7.83. The fourth-order valence-corrected chi connectivity index (χ4v) is 3.63. The molecular weight excluding hydrogens is 390 g/mol. The molecule has 3 heterocycles. The van der Waals surface area contributed by atoms with Gasteiger partial charge in [-0.05, 0) is 62.2 Å². The standard InChI is InChI=1S/C24H27N5O2/c1-17-7-8-18(2)22(16-17)31-19(3)24(30)29-14-12-28(13-15-29)23-10-9-21(26-27-23)20-6-4-5-11-25-20/h4-11,16,19H,12-15H2,1-3H3. The third kappa shape index (κ3) is 4.82. The molecule has 1 saturated heterocycles. The van der Waals surface area contributed by atoms with E-state index in [2.05, 4.69) is 20.1 Å². The summed E-state index contributed by atoms with van der Waals surface area (Å²) in [6, 6.07) is 15.6. The van der Waals surface area contributed by atoms with Gasteiger partial charge >= 0.3 is 0 Å². The Balaban J connectivity index is 1.33. The number of hydrogen-bond acceptors (Lipinski definition) is 6. The maximum Gasteiger partial charge on any atom is 0.263 e. The summed E-state index contributed by atoms with van der Waals surface area (Å²) in [5, 5.41) is 8.68. The van der Waals surface area contributed by atoms with Gasteiger partial charge in [0.2, 0.25) is 0 Å². The molecule has 7 nitrogen and oxygen atoms in total. The number of aromatic nitrogens is 3. The van der Waals surface area contributed by atoms with E-state index in [1.165, 1.54) is 0 Å². The van der Waals surface area contributed by atoms with Crippen LogP contribution in [0.25, 0.3) is 11.4 Å². The molecule has 31 heavy (non-hydrogen) atoms. The SMILES string of the molecule is Cc1ccc(C)c(OC(C)C(=O)N2CCN(c3ccc(-c4ccccn4)nn3)CC2)c1. The minimum atomic E-state index is -0.524. The predicted octanol–water partition coefficient (Wildman–Crippen LogP) is 3.27. The first kappa shape index (κ1) is 20.8. The van der Waals surface area contributed by atoms with Crippen LogP contribution < -0.4 is 9.64 Å². The lowest BCUT2D eigenvalue weighted by molar-refractivity contribution is -0.138. The van der Waals surface area contributed by atoms with Crippen molar-refractivity contribution >= 4 is 11.7 Å². The molecule has 2 aromatic heterocycles. The van der Waals surface area contributed by atoms with E-state index in [0.717, 1.165) is 34.1 Å². The summed E-state index contributed by atoms with van der Waals surface area (Å²) in [6.07, 6.45) is 1.22. The highest BCUT2D eigenvalue weighted by molar-refractivity contribution is 5.81. The van der Waals surface area contributed by atoms with Gasteiger partial charge in [-0.15, -0.1) is 10.2 Å². The lowest BCUT2D eigenvalue weighted by Gasteiger charge is -2.36. The van der Waals surface area contributed by atoms with Gasteiger partial charge in [-0.1, -0.05) is 18.2 Å². The normalized spacial score (nSPS) is 14.9. The molecule has 1 unspecified atom stereocenters. The van der Waals surface area contributed by atoms with Crippen molar-refractivity contribution in [2.75, 3.05) is 31.1 Å². The summed E-state index contributed by atoms with van der Waals surface area (Å²) in [7, 11) is 0. The molecule has 0 radical (unpaired) electrons. The largest absolute Gasteiger partial charge is 0.481 e. The summed E-state index contributed by atoms with van der Waals surface area (Å²) in [5.41, 5.74) is 3.69. The number of ether oxygens (including phenoxy) is 1. The number of pyridine rings is 1. The summed E-state index contributed by atoms with van der Waals surface area (Å²) >= 11 is 0. The highest BCUT2D eigenvalue weighted by Crippen LogP contribution is 2.22. The van der Waals surface area contributed by atoms with E-state index in [4.69, 9.17) is 4.74 Å². The van der Waals surface area contributed by atoms with E-state index in [-0.39, 0.29) is 5.91 Å². The van der Waals surface area contributed by atoms with Crippen molar-refractivity contribution in [3.63, 3.8) is 0 Å². The van der Waals surface area contributed by atoms with Crippen LogP contribution in [-0.2, 0) is 4.79 Å². The average molecular weight is 418 g/mol. The van der Waals surface area contributed by atoms with Gasteiger partial charge in [0.25, 0.3) is 5.91 Å². The van der Waals surface area contributed by atoms with E-state index in [1.807, 2.05) is 74.2 Å². The number of nitrogens with zero attached hydrogens (tertiary/aromatic N) is 5. The van der Waals surface area contributed by atoms with Gasteiger partial charge in [0.05, 0.1) is 5.69 Å². The van der Waals surface area contributed by atoms with E-state index in [1.54, 1.807) is 6.20 Å². The first-order chi connectivity index (χ1) is 15.0. The summed E-state index contributed by atoms with van der Waals surface area (Å²) in [6.45, 7) is 8.50. The third-order valence-corrected chi connectivity index (χ3v) is 5.49. The molecule has 1 amide bonds. The number of carbonyl (C=O) groups excluding carboxylic acids is 1. The van der Waals surface area contributed by atoms with Crippen LogP contribution in [0.3, 0.4) is 0 Å². The molecule has 1 aliphatic rings.